The minimum absolute atomic E-state index is 0.0500. The number of nitrogens with zero attached hydrogens (tertiary/aromatic N) is 2. The van der Waals surface area contributed by atoms with Gasteiger partial charge in [-0.05, 0) is 40.5 Å². The monoisotopic (exact) mass is 337 g/mol. The first-order chi connectivity index (χ1) is 9.47. The maximum atomic E-state index is 13.4. The third-order valence-corrected chi connectivity index (χ3v) is 4.22. The summed E-state index contributed by atoms with van der Waals surface area (Å²) in [7, 11) is 1.80. The van der Waals surface area contributed by atoms with Crippen molar-refractivity contribution in [1.82, 2.24) is 9.78 Å². The van der Waals surface area contributed by atoms with Gasteiger partial charge in [0.05, 0.1) is 10.2 Å². The van der Waals surface area contributed by atoms with Crippen molar-refractivity contribution in [3.8, 4) is 0 Å². The number of halogens is 2. The first kappa shape index (κ1) is 13.3. The zero-order valence-corrected chi connectivity index (χ0v) is 12.7. The Hall–Kier alpha value is -1.69. The van der Waals surface area contributed by atoms with Gasteiger partial charge in [0.25, 0.3) is 0 Å². The molecular weight excluding hydrogens is 325 g/mol. The van der Waals surface area contributed by atoms with Crippen molar-refractivity contribution in [2.45, 2.75) is 19.3 Å². The van der Waals surface area contributed by atoms with E-state index in [1.807, 2.05) is 6.92 Å². The van der Waals surface area contributed by atoms with E-state index in [0.29, 0.717) is 10.9 Å². The van der Waals surface area contributed by atoms with Crippen molar-refractivity contribution in [3.05, 3.63) is 45.3 Å². The zero-order valence-electron chi connectivity index (χ0n) is 11.1. The first-order valence-electron chi connectivity index (χ1n) is 6.25. The predicted octanol–water partition coefficient (Wildman–Crippen LogP) is 3.10. The molecule has 3 rings (SSSR count). The second-order valence-electron chi connectivity index (χ2n) is 4.95. The molecule has 1 atom stereocenters. The molecule has 0 saturated heterocycles. The second-order valence-corrected chi connectivity index (χ2v) is 5.80. The van der Waals surface area contributed by atoms with Crippen molar-refractivity contribution in [1.29, 1.82) is 0 Å². The van der Waals surface area contributed by atoms with Crippen LogP contribution < -0.4 is 5.32 Å². The molecule has 0 saturated carbocycles. The van der Waals surface area contributed by atoms with Gasteiger partial charge in [-0.3, -0.25) is 9.48 Å². The highest BCUT2D eigenvalue weighted by atomic mass is 79.9. The summed E-state index contributed by atoms with van der Waals surface area (Å²) in [6.07, 6.45) is 0.345. The lowest BCUT2D eigenvalue weighted by atomic mass is 9.86. The lowest BCUT2D eigenvalue weighted by molar-refractivity contribution is -0.116. The van der Waals surface area contributed by atoms with Crippen molar-refractivity contribution >= 4 is 27.7 Å². The number of anilines is 1. The van der Waals surface area contributed by atoms with Crippen LogP contribution in [-0.4, -0.2) is 15.7 Å². The predicted molar refractivity (Wildman–Crippen MR) is 77.1 cm³/mol. The molecule has 1 amide bonds. The number of amides is 1. The van der Waals surface area contributed by atoms with Crippen LogP contribution in [0.25, 0.3) is 0 Å². The van der Waals surface area contributed by atoms with Gasteiger partial charge in [0.15, 0.2) is 0 Å². The summed E-state index contributed by atoms with van der Waals surface area (Å²) >= 11 is 3.20. The number of rotatable bonds is 1. The summed E-state index contributed by atoms with van der Waals surface area (Å²) in [6.45, 7) is 1.92. The average Bonchev–Trinajstić information content (AvgIpc) is 2.67. The van der Waals surface area contributed by atoms with Gasteiger partial charge in [-0.25, -0.2) is 4.39 Å². The summed E-state index contributed by atoms with van der Waals surface area (Å²) in [5.41, 5.74) is 2.80. The van der Waals surface area contributed by atoms with E-state index in [1.165, 1.54) is 6.07 Å². The molecular formula is C14H13BrFN3O. The molecule has 2 heterocycles. The standard InChI is InChI=1S/C14H13BrFN3O/c1-7-13-9(8-3-4-11(16)10(15)5-8)6-12(20)17-14(13)19(2)18-7/h3-5,9H,6H2,1-2H3,(H,17,20). The van der Waals surface area contributed by atoms with Gasteiger partial charge in [0.1, 0.15) is 11.6 Å². The molecule has 1 aromatic heterocycles. The Kier molecular flexibility index (Phi) is 3.12. The smallest absolute Gasteiger partial charge is 0.226 e. The van der Waals surface area contributed by atoms with E-state index in [2.05, 4.69) is 26.3 Å². The molecule has 0 spiro atoms. The molecule has 1 aliphatic heterocycles. The van der Waals surface area contributed by atoms with E-state index in [9.17, 15) is 9.18 Å². The molecule has 0 bridgehead atoms. The Morgan fingerprint density at radius 3 is 2.95 bits per heavy atom. The van der Waals surface area contributed by atoms with Gasteiger partial charge in [-0.15, -0.1) is 0 Å². The summed E-state index contributed by atoms with van der Waals surface area (Å²) in [5, 5.41) is 7.21. The van der Waals surface area contributed by atoms with E-state index < -0.39 is 0 Å². The zero-order chi connectivity index (χ0) is 14.4. The Balaban J connectivity index is 2.15. The second kappa shape index (κ2) is 4.70. The Morgan fingerprint density at radius 2 is 2.25 bits per heavy atom. The van der Waals surface area contributed by atoms with Crippen LogP contribution in [0.3, 0.4) is 0 Å². The van der Waals surface area contributed by atoms with E-state index in [0.717, 1.165) is 22.6 Å². The van der Waals surface area contributed by atoms with Crippen LogP contribution in [0.2, 0.25) is 0 Å². The highest BCUT2D eigenvalue weighted by molar-refractivity contribution is 9.10. The van der Waals surface area contributed by atoms with Gasteiger partial charge in [-0.2, -0.15) is 5.10 Å². The maximum absolute atomic E-state index is 13.4. The minimum atomic E-state index is -0.308. The molecule has 104 valence electrons. The number of nitrogens with one attached hydrogen (secondary N) is 1. The van der Waals surface area contributed by atoms with Gasteiger partial charge in [0, 0.05) is 24.9 Å². The largest absolute Gasteiger partial charge is 0.311 e. The number of aromatic nitrogens is 2. The number of benzene rings is 1. The van der Waals surface area contributed by atoms with Crippen LogP contribution in [0.1, 0.15) is 29.2 Å². The topological polar surface area (TPSA) is 46.9 Å². The highest BCUT2D eigenvalue weighted by Gasteiger charge is 2.31. The Bertz CT molecular complexity index is 711. The van der Waals surface area contributed by atoms with E-state index in [1.54, 1.807) is 23.9 Å². The van der Waals surface area contributed by atoms with Crippen LogP contribution in [0, 0.1) is 12.7 Å². The molecule has 2 aromatic rings. The van der Waals surface area contributed by atoms with Crippen LogP contribution in [0.5, 0.6) is 0 Å². The molecule has 4 nitrogen and oxygen atoms in total. The fourth-order valence-corrected chi connectivity index (χ4v) is 3.12. The maximum Gasteiger partial charge on any atom is 0.226 e. The van der Waals surface area contributed by atoms with Crippen LogP contribution in [0.15, 0.2) is 22.7 Å². The lowest BCUT2D eigenvalue weighted by Gasteiger charge is -2.24. The highest BCUT2D eigenvalue weighted by Crippen LogP contribution is 2.39. The van der Waals surface area contributed by atoms with Crippen LogP contribution in [0.4, 0.5) is 10.2 Å². The van der Waals surface area contributed by atoms with Crippen LogP contribution in [-0.2, 0) is 11.8 Å². The van der Waals surface area contributed by atoms with E-state index in [4.69, 9.17) is 0 Å². The number of aryl methyl sites for hydroxylation is 2. The fraction of sp³-hybridized carbons (Fsp3) is 0.286. The number of carbonyl (C=O) groups excluding carboxylic acids is 1. The van der Waals surface area contributed by atoms with E-state index in [-0.39, 0.29) is 17.6 Å². The van der Waals surface area contributed by atoms with Crippen molar-refractivity contribution in [3.63, 3.8) is 0 Å². The average molecular weight is 338 g/mol. The number of fused-ring (bicyclic) bond motifs is 1. The Labute approximate surface area is 124 Å². The number of carbonyl (C=O) groups is 1. The van der Waals surface area contributed by atoms with Gasteiger partial charge in [0.2, 0.25) is 5.91 Å². The molecule has 1 aromatic carbocycles. The fourth-order valence-electron chi connectivity index (χ4n) is 2.72. The summed E-state index contributed by atoms with van der Waals surface area (Å²) in [6, 6.07) is 4.87. The summed E-state index contributed by atoms with van der Waals surface area (Å²) < 4.78 is 15.5. The molecule has 0 fully saturated rings. The number of hydrogen-bond acceptors (Lipinski definition) is 2. The van der Waals surface area contributed by atoms with Gasteiger partial charge < -0.3 is 5.32 Å². The molecule has 20 heavy (non-hydrogen) atoms. The van der Waals surface area contributed by atoms with Gasteiger partial charge >= 0.3 is 0 Å². The molecule has 0 aliphatic carbocycles. The third-order valence-electron chi connectivity index (χ3n) is 3.61. The molecule has 1 N–H and O–H groups in total. The van der Waals surface area contributed by atoms with Crippen molar-refractivity contribution < 1.29 is 9.18 Å². The first-order valence-corrected chi connectivity index (χ1v) is 7.05. The lowest BCUT2D eigenvalue weighted by Crippen LogP contribution is -2.24. The third kappa shape index (κ3) is 2.04. The Morgan fingerprint density at radius 1 is 1.50 bits per heavy atom. The van der Waals surface area contributed by atoms with Crippen LogP contribution >= 0.6 is 15.9 Å². The van der Waals surface area contributed by atoms with Crippen molar-refractivity contribution in [2.24, 2.45) is 7.05 Å². The molecule has 6 heteroatoms. The quantitative estimate of drug-likeness (QED) is 0.869. The summed E-state index contributed by atoms with van der Waals surface area (Å²) in [5.74, 6) is 0.275. The molecule has 1 unspecified atom stereocenters. The number of hydrogen-bond donors (Lipinski definition) is 1. The normalized spacial score (nSPS) is 17.8. The van der Waals surface area contributed by atoms with Gasteiger partial charge in [-0.1, -0.05) is 6.07 Å². The molecule has 1 aliphatic rings. The SMILES string of the molecule is Cc1nn(C)c2c1C(c1ccc(F)c(Br)c1)CC(=O)N2. The summed E-state index contributed by atoms with van der Waals surface area (Å²) in [4.78, 5) is 11.9. The van der Waals surface area contributed by atoms with E-state index >= 15 is 0 Å². The minimum Gasteiger partial charge on any atom is -0.311 e. The molecule has 0 radical (unpaired) electrons. The van der Waals surface area contributed by atoms with Crippen molar-refractivity contribution in [2.75, 3.05) is 5.32 Å².